The van der Waals surface area contributed by atoms with Gasteiger partial charge in [-0.3, -0.25) is 14.2 Å². The molecule has 0 saturated carbocycles. The number of fused-ring (bicyclic) bond motifs is 1. The van der Waals surface area contributed by atoms with E-state index >= 15 is 0 Å². The second-order valence-corrected chi connectivity index (χ2v) is 8.50. The van der Waals surface area contributed by atoms with Crippen molar-refractivity contribution in [3.05, 3.63) is 41.2 Å². The number of H-pyrrole nitrogens is 1. The molecule has 4 rings (SSSR count). The molecule has 1 fully saturated rings. The van der Waals surface area contributed by atoms with Crippen LogP contribution in [-0.4, -0.2) is 36.8 Å². The van der Waals surface area contributed by atoms with Gasteiger partial charge in [0.05, 0.1) is 11.4 Å². The van der Waals surface area contributed by atoms with Crippen molar-refractivity contribution in [2.75, 3.05) is 21.9 Å². The predicted octanol–water partition coefficient (Wildman–Crippen LogP) is 2.08. The zero-order chi connectivity index (χ0) is 17.4. The third-order valence-electron chi connectivity index (χ3n) is 4.76. The molecular formula is C17H20N4O3S. The summed E-state index contributed by atoms with van der Waals surface area (Å²) in [4.78, 5) is 12.6. The number of amides is 1. The van der Waals surface area contributed by atoms with Crippen LogP contribution in [0.3, 0.4) is 0 Å². The van der Waals surface area contributed by atoms with Crippen LogP contribution in [0.15, 0.2) is 24.3 Å². The minimum atomic E-state index is -3.24. The highest BCUT2D eigenvalue weighted by Gasteiger charge is 2.28. The molecule has 132 valence electrons. The van der Waals surface area contributed by atoms with Gasteiger partial charge in [-0.25, -0.2) is 8.42 Å². The van der Waals surface area contributed by atoms with Crippen LogP contribution < -0.4 is 9.62 Å². The lowest BCUT2D eigenvalue weighted by Gasteiger charge is -2.17. The topological polar surface area (TPSA) is 95.2 Å². The molecule has 2 aliphatic rings. The van der Waals surface area contributed by atoms with E-state index in [1.807, 2.05) is 0 Å². The quantitative estimate of drug-likeness (QED) is 0.876. The van der Waals surface area contributed by atoms with Crippen molar-refractivity contribution in [3.63, 3.8) is 0 Å². The average molecular weight is 360 g/mol. The largest absolute Gasteiger partial charge is 0.321 e. The molecule has 0 spiro atoms. The maximum absolute atomic E-state index is 12.6. The molecule has 2 heterocycles. The number of hydrogen-bond donors (Lipinski definition) is 2. The molecule has 1 aliphatic heterocycles. The van der Waals surface area contributed by atoms with Crippen LogP contribution in [0.2, 0.25) is 0 Å². The first-order valence-electron chi connectivity index (χ1n) is 8.52. The number of rotatable bonds is 3. The molecule has 8 heteroatoms. The molecule has 1 aromatic carbocycles. The van der Waals surface area contributed by atoms with Gasteiger partial charge in [0.1, 0.15) is 0 Å². The second-order valence-electron chi connectivity index (χ2n) is 6.48. The average Bonchev–Trinajstić information content (AvgIpc) is 3.18. The van der Waals surface area contributed by atoms with Crippen LogP contribution in [0.25, 0.3) is 0 Å². The number of nitrogens with one attached hydrogen (secondary N) is 2. The highest BCUT2D eigenvalue weighted by molar-refractivity contribution is 7.93. The number of hydrogen-bond acceptors (Lipinski definition) is 4. The first kappa shape index (κ1) is 16.1. The van der Waals surface area contributed by atoms with Gasteiger partial charge >= 0.3 is 0 Å². The number of nitrogens with zero attached hydrogens (tertiary/aromatic N) is 2. The molecule has 1 aliphatic carbocycles. The normalized spacial score (nSPS) is 18.8. The van der Waals surface area contributed by atoms with Crippen molar-refractivity contribution >= 4 is 27.3 Å². The SMILES string of the molecule is O=C(Nc1cccc(N2CCCS2(=O)=O)c1)c1n[nH]c2c1CCCC2. The highest BCUT2D eigenvalue weighted by Crippen LogP contribution is 2.27. The summed E-state index contributed by atoms with van der Waals surface area (Å²) in [6.07, 6.45) is 4.59. The van der Waals surface area contributed by atoms with Gasteiger partial charge in [0.15, 0.2) is 5.69 Å². The van der Waals surface area contributed by atoms with Crippen LogP contribution in [-0.2, 0) is 22.9 Å². The Labute approximate surface area is 146 Å². The van der Waals surface area contributed by atoms with Crippen molar-refractivity contribution in [1.29, 1.82) is 0 Å². The first-order chi connectivity index (χ1) is 12.0. The summed E-state index contributed by atoms with van der Waals surface area (Å²) < 4.78 is 25.5. The van der Waals surface area contributed by atoms with Gasteiger partial charge < -0.3 is 5.32 Å². The number of aromatic amines is 1. The lowest BCUT2D eigenvalue weighted by atomic mass is 9.96. The smallest absolute Gasteiger partial charge is 0.276 e. The van der Waals surface area contributed by atoms with E-state index in [0.29, 0.717) is 30.0 Å². The van der Waals surface area contributed by atoms with E-state index in [9.17, 15) is 13.2 Å². The number of sulfonamides is 1. The van der Waals surface area contributed by atoms with Gasteiger partial charge in [-0.1, -0.05) is 6.07 Å². The summed E-state index contributed by atoms with van der Waals surface area (Å²) in [7, 11) is -3.24. The summed E-state index contributed by atoms with van der Waals surface area (Å²) in [5, 5.41) is 9.98. The fourth-order valence-corrected chi connectivity index (χ4v) is 5.08. The van der Waals surface area contributed by atoms with E-state index in [2.05, 4.69) is 15.5 Å². The monoisotopic (exact) mass is 360 g/mol. The standard InChI is InChI=1S/C17H20N4O3S/c22-17(16-14-7-1-2-8-15(14)19-20-16)18-12-5-3-6-13(11-12)21-9-4-10-25(21,23)24/h3,5-6,11H,1-2,4,7-10H2,(H,18,22)(H,19,20). The van der Waals surface area contributed by atoms with E-state index in [1.54, 1.807) is 24.3 Å². The summed E-state index contributed by atoms with van der Waals surface area (Å²) in [5.41, 5.74) is 3.64. The first-order valence-corrected chi connectivity index (χ1v) is 10.1. The molecule has 1 amide bonds. The lowest BCUT2D eigenvalue weighted by molar-refractivity contribution is 0.102. The number of anilines is 2. The summed E-state index contributed by atoms with van der Waals surface area (Å²) in [6.45, 7) is 0.479. The van der Waals surface area contributed by atoms with E-state index in [1.165, 1.54) is 4.31 Å². The third kappa shape index (κ3) is 3.02. The van der Waals surface area contributed by atoms with Crippen LogP contribution in [0.1, 0.15) is 41.0 Å². The van der Waals surface area contributed by atoms with Crippen molar-refractivity contribution in [3.8, 4) is 0 Å². The Bertz CT molecular complexity index is 920. The van der Waals surface area contributed by atoms with Gasteiger partial charge in [0.25, 0.3) is 5.91 Å². The Morgan fingerprint density at radius 1 is 1.20 bits per heavy atom. The fourth-order valence-electron chi connectivity index (χ4n) is 3.53. The van der Waals surface area contributed by atoms with Crippen LogP contribution in [0.5, 0.6) is 0 Å². The molecule has 0 atom stereocenters. The van der Waals surface area contributed by atoms with E-state index in [4.69, 9.17) is 0 Å². The molecule has 0 radical (unpaired) electrons. The Balaban J connectivity index is 1.56. The van der Waals surface area contributed by atoms with Crippen molar-refractivity contribution in [1.82, 2.24) is 10.2 Å². The Kier molecular flexibility index (Phi) is 3.99. The van der Waals surface area contributed by atoms with Crippen molar-refractivity contribution in [2.24, 2.45) is 0 Å². The van der Waals surface area contributed by atoms with Crippen LogP contribution in [0.4, 0.5) is 11.4 Å². The molecule has 0 bridgehead atoms. The Morgan fingerprint density at radius 2 is 2.04 bits per heavy atom. The van der Waals surface area contributed by atoms with Gasteiger partial charge in [0, 0.05) is 23.5 Å². The lowest BCUT2D eigenvalue weighted by Crippen LogP contribution is -2.25. The molecule has 7 nitrogen and oxygen atoms in total. The minimum absolute atomic E-state index is 0.170. The van der Waals surface area contributed by atoms with E-state index in [0.717, 1.165) is 36.9 Å². The Morgan fingerprint density at radius 3 is 2.84 bits per heavy atom. The molecule has 1 aromatic heterocycles. The molecule has 1 saturated heterocycles. The zero-order valence-corrected chi connectivity index (χ0v) is 14.6. The predicted molar refractivity (Wildman–Crippen MR) is 95.4 cm³/mol. The maximum atomic E-state index is 12.6. The summed E-state index contributed by atoms with van der Waals surface area (Å²) in [5.74, 6) is -0.0935. The number of aromatic nitrogens is 2. The second kappa shape index (κ2) is 6.18. The van der Waals surface area contributed by atoms with Gasteiger partial charge in [-0.2, -0.15) is 5.10 Å². The van der Waals surface area contributed by atoms with E-state index in [-0.39, 0.29) is 11.7 Å². The van der Waals surface area contributed by atoms with Crippen LogP contribution in [0, 0.1) is 0 Å². The van der Waals surface area contributed by atoms with E-state index < -0.39 is 10.0 Å². The van der Waals surface area contributed by atoms with Crippen LogP contribution >= 0.6 is 0 Å². The summed E-state index contributed by atoms with van der Waals surface area (Å²) in [6, 6.07) is 6.94. The highest BCUT2D eigenvalue weighted by atomic mass is 32.2. The third-order valence-corrected chi connectivity index (χ3v) is 6.63. The summed E-state index contributed by atoms with van der Waals surface area (Å²) >= 11 is 0. The molecule has 2 N–H and O–H groups in total. The zero-order valence-electron chi connectivity index (χ0n) is 13.8. The number of benzene rings is 1. The number of carbonyl (C=O) groups is 1. The van der Waals surface area contributed by atoms with Crippen molar-refractivity contribution in [2.45, 2.75) is 32.1 Å². The molecular weight excluding hydrogens is 340 g/mol. The van der Waals surface area contributed by atoms with Gasteiger partial charge in [-0.15, -0.1) is 0 Å². The number of aryl methyl sites for hydroxylation is 1. The van der Waals surface area contributed by atoms with Gasteiger partial charge in [0.2, 0.25) is 10.0 Å². The minimum Gasteiger partial charge on any atom is -0.321 e. The molecule has 25 heavy (non-hydrogen) atoms. The number of carbonyl (C=O) groups excluding carboxylic acids is 1. The fraction of sp³-hybridized carbons (Fsp3) is 0.412. The van der Waals surface area contributed by atoms with Crippen molar-refractivity contribution < 1.29 is 13.2 Å². The van der Waals surface area contributed by atoms with Gasteiger partial charge in [-0.05, 0) is 50.3 Å². The molecule has 2 aromatic rings. The molecule has 0 unspecified atom stereocenters. The Hall–Kier alpha value is -2.35. The maximum Gasteiger partial charge on any atom is 0.276 e.